The molecule has 0 aliphatic heterocycles. The smallest absolute Gasteiger partial charge is 0.420 e. The number of phenolic OH excluding ortho intramolecular Hbond substituents is 2. The van der Waals surface area contributed by atoms with E-state index in [0.717, 1.165) is 0 Å². The first kappa shape index (κ1) is 23.3. The highest BCUT2D eigenvalue weighted by Crippen LogP contribution is 2.59. The van der Waals surface area contributed by atoms with Gasteiger partial charge < -0.3 is 21.7 Å². The Labute approximate surface area is 156 Å². The van der Waals surface area contributed by atoms with Gasteiger partial charge in [-0.1, -0.05) is 0 Å². The summed E-state index contributed by atoms with van der Waals surface area (Å²) in [6, 6.07) is 0. The number of nitrogen functional groups attached to an aromatic ring is 2. The molecule has 0 atom stereocenters. The maximum Gasteiger partial charge on any atom is 0.420 e. The molecular weight excluding hydrogens is 456 g/mol. The van der Waals surface area contributed by atoms with Gasteiger partial charge in [0, 0.05) is 10.8 Å². The summed E-state index contributed by atoms with van der Waals surface area (Å²) in [4.78, 5) is 0. The summed E-state index contributed by atoms with van der Waals surface area (Å²) in [6.07, 6.45) is -24.4. The zero-order chi connectivity index (χ0) is 23.8. The lowest BCUT2D eigenvalue weighted by Gasteiger charge is -2.26. The summed E-state index contributed by atoms with van der Waals surface area (Å²) >= 11 is 0. The standard InChI is InChI=1S/C14H6F12N2O2/c15-11(16,17)3-1-2(5(13(21,22)23)9(29)7(3)27)6(14(24,25)26)10(30)8(28)4(1)12(18,19)20/h29-30H,27-28H2. The summed E-state index contributed by atoms with van der Waals surface area (Å²) in [5, 5.41) is 13.5. The van der Waals surface area contributed by atoms with Crippen LogP contribution in [0.5, 0.6) is 11.5 Å². The molecule has 0 unspecified atom stereocenters. The Balaban J connectivity index is 3.59. The molecule has 0 radical (unpaired) electrons. The third-order valence-corrected chi connectivity index (χ3v) is 3.91. The minimum Gasteiger partial charge on any atom is -0.505 e. The average molecular weight is 462 g/mol. The predicted octanol–water partition coefficient (Wildman–Crippen LogP) is 5.49. The summed E-state index contributed by atoms with van der Waals surface area (Å²) < 4.78 is 160. The quantitative estimate of drug-likeness (QED) is 0.237. The highest BCUT2D eigenvalue weighted by atomic mass is 19.4. The van der Waals surface area contributed by atoms with Crippen LogP contribution in [0.15, 0.2) is 0 Å². The molecule has 0 aromatic heterocycles. The number of fused-ring (bicyclic) bond motifs is 1. The molecule has 2 aromatic rings. The molecule has 0 saturated carbocycles. The highest BCUT2D eigenvalue weighted by Gasteiger charge is 2.52. The maximum atomic E-state index is 13.4. The molecule has 0 heterocycles. The van der Waals surface area contributed by atoms with E-state index in [2.05, 4.69) is 0 Å². The van der Waals surface area contributed by atoms with Crippen LogP contribution in [-0.4, -0.2) is 10.2 Å². The third kappa shape index (κ3) is 3.43. The van der Waals surface area contributed by atoms with Crippen molar-refractivity contribution < 1.29 is 62.9 Å². The zero-order valence-corrected chi connectivity index (χ0v) is 13.6. The van der Waals surface area contributed by atoms with Crippen LogP contribution in [0.3, 0.4) is 0 Å². The van der Waals surface area contributed by atoms with Gasteiger partial charge in [0.15, 0.2) is 11.5 Å². The fraction of sp³-hybridized carbons (Fsp3) is 0.286. The van der Waals surface area contributed by atoms with Crippen LogP contribution in [0.25, 0.3) is 10.8 Å². The van der Waals surface area contributed by atoms with Gasteiger partial charge in [-0.3, -0.25) is 0 Å². The van der Waals surface area contributed by atoms with Crippen LogP contribution in [0.1, 0.15) is 22.3 Å². The lowest BCUT2D eigenvalue weighted by Crippen LogP contribution is -2.22. The predicted molar refractivity (Wildman–Crippen MR) is 76.1 cm³/mol. The Bertz CT molecular complexity index is 871. The van der Waals surface area contributed by atoms with E-state index in [-0.39, 0.29) is 0 Å². The van der Waals surface area contributed by atoms with Crippen molar-refractivity contribution in [1.82, 2.24) is 0 Å². The fourth-order valence-electron chi connectivity index (χ4n) is 2.90. The van der Waals surface area contributed by atoms with Crippen LogP contribution in [0.2, 0.25) is 0 Å². The second kappa shape index (κ2) is 6.28. The number of halogens is 12. The number of anilines is 2. The zero-order valence-electron chi connectivity index (χ0n) is 13.6. The highest BCUT2D eigenvalue weighted by molar-refractivity contribution is 6.05. The van der Waals surface area contributed by atoms with Crippen molar-refractivity contribution in [1.29, 1.82) is 0 Å². The molecule has 0 aliphatic carbocycles. The number of hydrogen-bond donors (Lipinski definition) is 4. The number of aromatic hydroxyl groups is 2. The van der Waals surface area contributed by atoms with Crippen molar-refractivity contribution in [2.24, 2.45) is 0 Å². The van der Waals surface area contributed by atoms with Gasteiger partial charge in [-0.2, -0.15) is 52.7 Å². The molecule has 2 rings (SSSR count). The Morgan fingerprint density at radius 1 is 0.433 bits per heavy atom. The summed E-state index contributed by atoms with van der Waals surface area (Å²) in [6.45, 7) is 0. The van der Waals surface area contributed by atoms with Gasteiger partial charge in [-0.05, 0) is 0 Å². The van der Waals surface area contributed by atoms with Crippen molar-refractivity contribution in [2.45, 2.75) is 24.7 Å². The number of hydrogen-bond acceptors (Lipinski definition) is 4. The molecule has 0 saturated heterocycles. The number of benzene rings is 2. The molecule has 2 aromatic carbocycles. The number of nitrogens with two attached hydrogens (primary N) is 2. The monoisotopic (exact) mass is 462 g/mol. The van der Waals surface area contributed by atoms with Crippen molar-refractivity contribution >= 4 is 22.1 Å². The minimum atomic E-state index is -6.13. The molecule has 0 amide bonds. The van der Waals surface area contributed by atoms with Gasteiger partial charge in [-0.25, -0.2) is 0 Å². The largest absolute Gasteiger partial charge is 0.505 e. The van der Waals surface area contributed by atoms with Crippen molar-refractivity contribution in [2.75, 3.05) is 11.5 Å². The van der Waals surface area contributed by atoms with Crippen LogP contribution < -0.4 is 11.5 Å². The minimum absolute atomic E-state index is 2.31. The molecule has 0 aliphatic rings. The molecule has 0 spiro atoms. The molecule has 16 heteroatoms. The number of rotatable bonds is 0. The van der Waals surface area contributed by atoms with Crippen LogP contribution in [0, 0.1) is 0 Å². The van der Waals surface area contributed by atoms with E-state index >= 15 is 0 Å². The van der Waals surface area contributed by atoms with Gasteiger partial charge in [0.1, 0.15) is 11.1 Å². The molecule has 0 bridgehead atoms. The summed E-state index contributed by atoms with van der Waals surface area (Å²) in [5.74, 6) is -5.21. The van der Waals surface area contributed by atoms with Gasteiger partial charge in [0.2, 0.25) is 0 Å². The molecule has 0 fully saturated rings. The van der Waals surface area contributed by atoms with E-state index < -0.39 is 80.6 Å². The molecule has 6 N–H and O–H groups in total. The molecular formula is C14H6F12N2O2. The maximum absolute atomic E-state index is 13.4. The number of alkyl halides is 12. The normalized spacial score (nSPS) is 13.9. The van der Waals surface area contributed by atoms with Crippen LogP contribution >= 0.6 is 0 Å². The second-order valence-corrected chi connectivity index (χ2v) is 5.77. The van der Waals surface area contributed by atoms with Gasteiger partial charge in [0.25, 0.3) is 0 Å². The first-order valence-electron chi connectivity index (χ1n) is 7.04. The first-order chi connectivity index (χ1) is 13.1. The van der Waals surface area contributed by atoms with Crippen LogP contribution in [-0.2, 0) is 24.7 Å². The molecule has 4 nitrogen and oxygen atoms in total. The van der Waals surface area contributed by atoms with E-state index in [0.29, 0.717) is 0 Å². The lowest BCUT2D eigenvalue weighted by molar-refractivity contribution is -0.145. The Hall–Kier alpha value is -2.94. The lowest BCUT2D eigenvalue weighted by atomic mass is 9.87. The summed E-state index contributed by atoms with van der Waals surface area (Å²) in [7, 11) is 0. The van der Waals surface area contributed by atoms with Gasteiger partial charge >= 0.3 is 24.7 Å². The number of phenols is 2. The SMILES string of the molecule is Nc1c(O)c(C(F)(F)F)c2c(C(F)(F)F)c(O)c(N)c(C(F)(F)F)c2c1C(F)(F)F. The average Bonchev–Trinajstić information content (AvgIpc) is 2.45. The van der Waals surface area contributed by atoms with E-state index in [1.165, 1.54) is 0 Å². The second-order valence-electron chi connectivity index (χ2n) is 5.77. The Kier molecular flexibility index (Phi) is 4.88. The van der Waals surface area contributed by atoms with E-state index in [4.69, 9.17) is 11.5 Å². The Morgan fingerprint density at radius 2 is 0.633 bits per heavy atom. The van der Waals surface area contributed by atoms with Crippen molar-refractivity contribution in [3.05, 3.63) is 22.3 Å². The first-order valence-corrected chi connectivity index (χ1v) is 7.04. The van der Waals surface area contributed by atoms with Crippen molar-refractivity contribution in [3.63, 3.8) is 0 Å². The third-order valence-electron chi connectivity index (χ3n) is 3.91. The van der Waals surface area contributed by atoms with Gasteiger partial charge in [-0.15, -0.1) is 0 Å². The Morgan fingerprint density at radius 3 is 0.833 bits per heavy atom. The topological polar surface area (TPSA) is 92.5 Å². The summed E-state index contributed by atoms with van der Waals surface area (Å²) in [5.41, 5.74) is -6.69. The van der Waals surface area contributed by atoms with E-state index in [1.807, 2.05) is 0 Å². The molecule has 168 valence electrons. The van der Waals surface area contributed by atoms with Crippen LogP contribution in [0.4, 0.5) is 64.1 Å². The fourth-order valence-corrected chi connectivity index (χ4v) is 2.90. The van der Waals surface area contributed by atoms with Crippen molar-refractivity contribution in [3.8, 4) is 11.5 Å². The van der Waals surface area contributed by atoms with Gasteiger partial charge in [0.05, 0.1) is 22.5 Å². The molecule has 30 heavy (non-hydrogen) atoms. The van der Waals surface area contributed by atoms with E-state index in [1.54, 1.807) is 0 Å². The van der Waals surface area contributed by atoms with E-state index in [9.17, 15) is 62.9 Å².